The molecule has 0 radical (unpaired) electrons. The van der Waals surface area contributed by atoms with Gasteiger partial charge in [0.1, 0.15) is 5.82 Å². The quantitative estimate of drug-likeness (QED) is 0.494. The molecule has 1 aromatic heterocycles. The molecular formula is C27H31ClFN5O2. The van der Waals surface area contributed by atoms with E-state index in [1.165, 1.54) is 4.90 Å². The zero-order chi connectivity index (χ0) is 25.8. The molecule has 1 aliphatic carbocycles. The number of hydrogen-bond donors (Lipinski definition) is 0. The van der Waals surface area contributed by atoms with Crippen molar-refractivity contribution < 1.29 is 13.9 Å². The number of amides is 1. The summed E-state index contributed by atoms with van der Waals surface area (Å²) >= 11 is 6.37. The Morgan fingerprint density at radius 3 is 2.81 bits per heavy atom. The van der Waals surface area contributed by atoms with E-state index in [9.17, 15) is 14.4 Å². The van der Waals surface area contributed by atoms with Gasteiger partial charge in [0, 0.05) is 36.1 Å². The summed E-state index contributed by atoms with van der Waals surface area (Å²) in [5.74, 6) is -0.337. The molecular weight excluding hydrogens is 481 g/mol. The molecule has 2 unspecified atom stereocenters. The third-order valence-corrected chi connectivity index (χ3v) is 7.80. The summed E-state index contributed by atoms with van der Waals surface area (Å²) < 4.78 is 19.0. The largest absolute Gasteiger partial charge is 0.467 e. The van der Waals surface area contributed by atoms with Crippen molar-refractivity contribution in [2.75, 3.05) is 31.6 Å². The number of anilines is 1. The van der Waals surface area contributed by atoms with Gasteiger partial charge in [0.05, 0.1) is 31.3 Å². The van der Waals surface area contributed by atoms with E-state index in [1.807, 2.05) is 18.2 Å². The maximum absolute atomic E-state index is 13.6. The average Bonchev–Trinajstić information content (AvgIpc) is 2.88. The molecule has 9 heteroatoms. The third kappa shape index (κ3) is 5.31. The Morgan fingerprint density at radius 2 is 2.11 bits per heavy atom. The summed E-state index contributed by atoms with van der Waals surface area (Å²) in [6.07, 6.45) is 3.84. The molecule has 36 heavy (non-hydrogen) atoms. The predicted molar refractivity (Wildman–Crippen MR) is 137 cm³/mol. The fraction of sp³-hybridized carbons (Fsp3) is 0.481. The van der Waals surface area contributed by atoms with Crippen LogP contribution in [-0.4, -0.2) is 53.6 Å². The first kappa shape index (κ1) is 25.9. The van der Waals surface area contributed by atoms with Gasteiger partial charge in [-0.05, 0) is 43.2 Å². The maximum atomic E-state index is 13.6. The van der Waals surface area contributed by atoms with E-state index in [1.54, 1.807) is 7.11 Å². The summed E-state index contributed by atoms with van der Waals surface area (Å²) in [7, 11) is 1.55. The minimum Gasteiger partial charge on any atom is -0.467 e. The second-order valence-corrected chi connectivity index (χ2v) is 9.89. The SMILES string of the molecule is C=C(F)C(=O)N1CCN(c2nc(OC)nc3c2CCC(CCc2ccccc2Cl)[C@H]3C)CC1CC#N. The van der Waals surface area contributed by atoms with Crippen molar-refractivity contribution in [1.82, 2.24) is 14.9 Å². The number of fused-ring (bicyclic) bond motifs is 1. The van der Waals surface area contributed by atoms with Gasteiger partial charge in [0.15, 0.2) is 5.83 Å². The Hall–Kier alpha value is -3.18. The molecule has 0 bridgehead atoms. The van der Waals surface area contributed by atoms with Gasteiger partial charge in [-0.2, -0.15) is 15.2 Å². The normalized spacial score (nSPS) is 21.5. The summed E-state index contributed by atoms with van der Waals surface area (Å²) in [5.41, 5.74) is 3.23. The van der Waals surface area contributed by atoms with Crippen LogP contribution in [-0.2, 0) is 17.6 Å². The number of piperazine rings is 1. The van der Waals surface area contributed by atoms with Crippen molar-refractivity contribution in [2.24, 2.45) is 5.92 Å². The van der Waals surface area contributed by atoms with Gasteiger partial charge in [0.2, 0.25) is 0 Å². The first-order chi connectivity index (χ1) is 17.3. The van der Waals surface area contributed by atoms with Gasteiger partial charge >= 0.3 is 6.01 Å². The van der Waals surface area contributed by atoms with E-state index in [4.69, 9.17) is 21.3 Å². The minimum absolute atomic E-state index is 0.0977. The van der Waals surface area contributed by atoms with Crippen LogP contribution in [0.3, 0.4) is 0 Å². The highest BCUT2D eigenvalue weighted by Crippen LogP contribution is 2.42. The second-order valence-electron chi connectivity index (χ2n) is 9.48. The third-order valence-electron chi connectivity index (χ3n) is 7.43. The lowest BCUT2D eigenvalue weighted by atomic mass is 9.76. The topological polar surface area (TPSA) is 82.3 Å². The zero-order valence-electron chi connectivity index (χ0n) is 20.7. The molecule has 2 heterocycles. The Labute approximate surface area is 216 Å². The molecule has 0 spiro atoms. The Balaban J connectivity index is 1.57. The van der Waals surface area contributed by atoms with Crippen molar-refractivity contribution in [3.8, 4) is 12.1 Å². The number of nitriles is 1. The van der Waals surface area contributed by atoms with Crippen molar-refractivity contribution >= 4 is 23.3 Å². The highest BCUT2D eigenvalue weighted by Gasteiger charge is 2.36. The fourth-order valence-corrected chi connectivity index (χ4v) is 5.66. The summed E-state index contributed by atoms with van der Waals surface area (Å²) in [5, 5.41) is 10.1. The molecule has 2 aliphatic rings. The van der Waals surface area contributed by atoms with Crippen LogP contribution < -0.4 is 9.64 Å². The maximum Gasteiger partial charge on any atom is 0.318 e. The van der Waals surface area contributed by atoms with Crippen LogP contribution in [0.25, 0.3) is 0 Å². The molecule has 2 aromatic rings. The Bertz CT molecular complexity index is 1180. The predicted octanol–water partition coefficient (Wildman–Crippen LogP) is 4.85. The van der Waals surface area contributed by atoms with Gasteiger partial charge < -0.3 is 14.5 Å². The molecule has 1 saturated heterocycles. The van der Waals surface area contributed by atoms with Gasteiger partial charge in [-0.25, -0.2) is 4.39 Å². The number of ether oxygens (including phenoxy) is 1. The molecule has 0 N–H and O–H groups in total. The molecule has 3 atom stereocenters. The lowest BCUT2D eigenvalue weighted by Gasteiger charge is -2.42. The van der Waals surface area contributed by atoms with E-state index in [0.717, 1.165) is 53.3 Å². The summed E-state index contributed by atoms with van der Waals surface area (Å²) in [6, 6.07) is 9.93. The average molecular weight is 512 g/mol. The highest BCUT2D eigenvalue weighted by molar-refractivity contribution is 6.31. The number of methoxy groups -OCH3 is 1. The molecule has 1 aromatic carbocycles. The Morgan fingerprint density at radius 1 is 1.33 bits per heavy atom. The van der Waals surface area contributed by atoms with Crippen LogP contribution in [0.2, 0.25) is 5.02 Å². The molecule has 1 aliphatic heterocycles. The van der Waals surface area contributed by atoms with E-state index in [-0.39, 0.29) is 18.9 Å². The van der Waals surface area contributed by atoms with Gasteiger partial charge in [0.25, 0.3) is 5.91 Å². The first-order valence-electron chi connectivity index (χ1n) is 12.3. The summed E-state index contributed by atoms with van der Waals surface area (Å²) in [4.78, 5) is 25.2. The number of carbonyl (C=O) groups excluding carboxylic acids is 1. The highest BCUT2D eigenvalue weighted by atomic mass is 35.5. The van der Waals surface area contributed by atoms with Gasteiger partial charge in [-0.1, -0.05) is 43.3 Å². The molecule has 1 amide bonds. The number of hydrogen-bond acceptors (Lipinski definition) is 6. The van der Waals surface area contributed by atoms with E-state index >= 15 is 0 Å². The zero-order valence-corrected chi connectivity index (χ0v) is 21.5. The number of rotatable bonds is 7. The number of carbonyl (C=O) groups is 1. The van der Waals surface area contributed by atoms with Crippen LogP contribution in [0, 0.1) is 17.2 Å². The van der Waals surface area contributed by atoms with Crippen molar-refractivity contribution in [3.63, 3.8) is 0 Å². The fourth-order valence-electron chi connectivity index (χ4n) is 5.43. The van der Waals surface area contributed by atoms with E-state index in [2.05, 4.69) is 35.5 Å². The van der Waals surface area contributed by atoms with Gasteiger partial charge in [-0.3, -0.25) is 4.79 Å². The second kappa shape index (κ2) is 11.3. The van der Waals surface area contributed by atoms with Crippen LogP contribution in [0.5, 0.6) is 6.01 Å². The summed E-state index contributed by atoms with van der Waals surface area (Å²) in [6.45, 7) is 6.47. The van der Waals surface area contributed by atoms with E-state index in [0.29, 0.717) is 25.0 Å². The van der Waals surface area contributed by atoms with Crippen molar-refractivity contribution in [3.05, 3.63) is 58.5 Å². The molecule has 0 saturated carbocycles. The van der Waals surface area contributed by atoms with Gasteiger partial charge in [-0.15, -0.1) is 0 Å². The van der Waals surface area contributed by atoms with E-state index < -0.39 is 17.8 Å². The number of nitrogens with zero attached hydrogens (tertiary/aromatic N) is 5. The number of benzene rings is 1. The lowest BCUT2D eigenvalue weighted by Crippen LogP contribution is -2.55. The van der Waals surface area contributed by atoms with Crippen LogP contribution in [0.1, 0.15) is 48.9 Å². The number of aromatic nitrogens is 2. The monoisotopic (exact) mass is 511 g/mol. The number of aryl methyl sites for hydroxylation is 1. The molecule has 4 rings (SSSR count). The van der Waals surface area contributed by atoms with Crippen molar-refractivity contribution in [1.29, 1.82) is 5.26 Å². The smallest absolute Gasteiger partial charge is 0.318 e. The van der Waals surface area contributed by atoms with Crippen molar-refractivity contribution in [2.45, 2.75) is 51.0 Å². The molecule has 190 valence electrons. The first-order valence-corrected chi connectivity index (χ1v) is 12.7. The van der Waals surface area contributed by atoms with Crippen LogP contribution >= 0.6 is 11.6 Å². The minimum atomic E-state index is -1.01. The number of halogens is 2. The molecule has 1 fully saturated rings. The van der Waals surface area contributed by atoms with Crippen LogP contribution in [0.15, 0.2) is 36.7 Å². The lowest BCUT2D eigenvalue weighted by molar-refractivity contribution is -0.131. The van der Waals surface area contributed by atoms with Crippen LogP contribution in [0.4, 0.5) is 10.2 Å². The standard InChI is InChI=1S/C27H31ClFN5O2/c1-17-19(8-9-20-6-4-5-7-23(20)28)10-11-22-24(17)31-27(36-3)32-25(22)33-14-15-34(26(35)18(2)29)21(16-33)12-13-30/h4-7,17,19,21H,2,8-12,14-16H2,1,3H3/t17-,19?,21?/m1/s1. The Kier molecular flexibility index (Phi) is 8.10. The molecule has 7 nitrogen and oxygen atoms in total.